The lowest BCUT2D eigenvalue weighted by atomic mass is 10.1. The second-order valence-electron chi connectivity index (χ2n) is 3.89. The molecule has 0 spiro atoms. The molecule has 1 aliphatic heterocycles. The van der Waals surface area contributed by atoms with Crippen LogP contribution in [0.5, 0.6) is 11.5 Å². The third-order valence-electron chi connectivity index (χ3n) is 2.71. The molecule has 0 saturated carbocycles. The highest BCUT2D eigenvalue weighted by Crippen LogP contribution is 2.32. The van der Waals surface area contributed by atoms with Gasteiger partial charge in [-0.1, -0.05) is 12.1 Å². The Balaban J connectivity index is 2.16. The molecule has 1 unspecified atom stereocenters. The number of hydrogen-bond donors (Lipinski definition) is 2. The fourth-order valence-corrected chi connectivity index (χ4v) is 1.84. The number of nitrogens with one attached hydrogen (secondary N) is 1. The number of hydrogen-bond acceptors (Lipinski definition) is 4. The van der Waals surface area contributed by atoms with Crippen LogP contribution in [0.2, 0.25) is 0 Å². The Bertz CT molecular complexity index is 393. The maximum atomic E-state index is 5.75. The zero-order chi connectivity index (χ0) is 12.1. The molecule has 0 aromatic heterocycles. The van der Waals surface area contributed by atoms with Gasteiger partial charge >= 0.3 is 0 Å². The van der Waals surface area contributed by atoms with Crippen LogP contribution in [0.15, 0.2) is 30.9 Å². The van der Waals surface area contributed by atoms with E-state index in [0.717, 1.165) is 23.6 Å². The van der Waals surface area contributed by atoms with E-state index in [1.165, 1.54) is 0 Å². The largest absolute Gasteiger partial charge is 0.486 e. The monoisotopic (exact) mass is 234 g/mol. The smallest absolute Gasteiger partial charge is 0.161 e. The van der Waals surface area contributed by atoms with Gasteiger partial charge in [0.05, 0.1) is 0 Å². The Morgan fingerprint density at radius 2 is 2.12 bits per heavy atom. The van der Waals surface area contributed by atoms with Crippen LogP contribution in [-0.4, -0.2) is 26.3 Å². The molecule has 1 aromatic rings. The van der Waals surface area contributed by atoms with Gasteiger partial charge in [-0.25, -0.2) is 0 Å². The first-order chi connectivity index (χ1) is 8.35. The number of ether oxygens (including phenoxy) is 2. The van der Waals surface area contributed by atoms with Crippen molar-refractivity contribution < 1.29 is 9.47 Å². The summed E-state index contributed by atoms with van der Waals surface area (Å²) in [6.45, 7) is 6.16. The van der Waals surface area contributed by atoms with Crippen molar-refractivity contribution in [2.45, 2.75) is 6.04 Å². The number of benzene rings is 1. The van der Waals surface area contributed by atoms with Crippen LogP contribution >= 0.6 is 0 Å². The standard InChI is InChI=1S/C13H18N2O2/c1-2-5-15-11(9-14)10-3-4-12-13(8-10)17-7-6-16-12/h2-4,8,11,15H,1,5-7,9,14H2. The number of nitrogens with two attached hydrogens (primary N) is 1. The minimum Gasteiger partial charge on any atom is -0.486 e. The fraction of sp³-hybridized carbons (Fsp3) is 0.385. The average molecular weight is 234 g/mol. The van der Waals surface area contributed by atoms with Crippen molar-refractivity contribution in [2.24, 2.45) is 5.73 Å². The van der Waals surface area contributed by atoms with E-state index in [2.05, 4.69) is 11.9 Å². The molecule has 0 aliphatic carbocycles. The SMILES string of the molecule is C=CCNC(CN)c1ccc2c(c1)OCCO2. The van der Waals surface area contributed by atoms with Crippen molar-refractivity contribution in [3.8, 4) is 11.5 Å². The quantitative estimate of drug-likeness (QED) is 0.752. The van der Waals surface area contributed by atoms with E-state index in [1.807, 2.05) is 24.3 Å². The summed E-state index contributed by atoms with van der Waals surface area (Å²) in [6.07, 6.45) is 1.82. The van der Waals surface area contributed by atoms with Gasteiger partial charge in [0.2, 0.25) is 0 Å². The summed E-state index contributed by atoms with van der Waals surface area (Å²) in [7, 11) is 0. The minimum atomic E-state index is 0.115. The molecule has 2 rings (SSSR count). The van der Waals surface area contributed by atoms with Gasteiger partial charge in [0, 0.05) is 19.1 Å². The third kappa shape index (κ3) is 2.78. The highest BCUT2D eigenvalue weighted by Gasteiger charge is 2.15. The summed E-state index contributed by atoms with van der Waals surface area (Å²) in [5, 5.41) is 3.30. The average Bonchev–Trinajstić information content (AvgIpc) is 2.39. The van der Waals surface area contributed by atoms with E-state index in [4.69, 9.17) is 15.2 Å². The first kappa shape index (κ1) is 12.0. The summed E-state index contributed by atoms with van der Waals surface area (Å²) in [4.78, 5) is 0. The summed E-state index contributed by atoms with van der Waals surface area (Å²) >= 11 is 0. The Kier molecular flexibility index (Phi) is 4.01. The van der Waals surface area contributed by atoms with Gasteiger partial charge in [0.1, 0.15) is 13.2 Å². The molecule has 4 nitrogen and oxygen atoms in total. The maximum Gasteiger partial charge on any atom is 0.161 e. The summed E-state index contributed by atoms with van der Waals surface area (Å²) in [5.41, 5.74) is 6.86. The predicted octanol–water partition coefficient (Wildman–Crippen LogP) is 1.23. The number of rotatable bonds is 5. The highest BCUT2D eigenvalue weighted by atomic mass is 16.6. The molecule has 4 heteroatoms. The van der Waals surface area contributed by atoms with Crippen molar-refractivity contribution >= 4 is 0 Å². The molecular formula is C13H18N2O2. The summed E-state index contributed by atoms with van der Waals surface area (Å²) in [5.74, 6) is 1.60. The van der Waals surface area contributed by atoms with Gasteiger partial charge in [-0.2, -0.15) is 0 Å². The van der Waals surface area contributed by atoms with E-state index >= 15 is 0 Å². The van der Waals surface area contributed by atoms with Crippen LogP contribution in [0.4, 0.5) is 0 Å². The topological polar surface area (TPSA) is 56.5 Å². The highest BCUT2D eigenvalue weighted by molar-refractivity contribution is 5.44. The van der Waals surface area contributed by atoms with Crippen molar-refractivity contribution in [2.75, 3.05) is 26.3 Å². The molecule has 0 radical (unpaired) electrons. The van der Waals surface area contributed by atoms with E-state index in [-0.39, 0.29) is 6.04 Å². The molecule has 0 fully saturated rings. The van der Waals surface area contributed by atoms with Crippen LogP contribution in [0.1, 0.15) is 11.6 Å². The molecule has 17 heavy (non-hydrogen) atoms. The predicted molar refractivity (Wildman–Crippen MR) is 67.4 cm³/mol. The first-order valence-corrected chi connectivity index (χ1v) is 5.79. The normalized spacial score (nSPS) is 15.4. The van der Waals surface area contributed by atoms with Crippen LogP contribution in [0.25, 0.3) is 0 Å². The fourth-order valence-electron chi connectivity index (χ4n) is 1.84. The van der Waals surface area contributed by atoms with E-state index in [0.29, 0.717) is 19.8 Å². The van der Waals surface area contributed by atoms with E-state index < -0.39 is 0 Å². The molecular weight excluding hydrogens is 216 g/mol. The number of fused-ring (bicyclic) bond motifs is 1. The Hall–Kier alpha value is -1.52. The molecule has 1 atom stereocenters. The molecule has 1 aliphatic rings. The van der Waals surface area contributed by atoms with Gasteiger partial charge in [-0.05, 0) is 17.7 Å². The molecule has 1 aromatic carbocycles. The molecule has 0 amide bonds. The lowest BCUT2D eigenvalue weighted by Gasteiger charge is -2.22. The van der Waals surface area contributed by atoms with Crippen LogP contribution in [-0.2, 0) is 0 Å². The van der Waals surface area contributed by atoms with Crippen molar-refractivity contribution in [3.05, 3.63) is 36.4 Å². The second-order valence-corrected chi connectivity index (χ2v) is 3.89. The van der Waals surface area contributed by atoms with Gasteiger partial charge < -0.3 is 20.5 Å². The molecule has 0 saturated heterocycles. The van der Waals surface area contributed by atoms with Crippen LogP contribution in [0, 0.1) is 0 Å². The first-order valence-electron chi connectivity index (χ1n) is 5.79. The second kappa shape index (κ2) is 5.70. The van der Waals surface area contributed by atoms with Crippen molar-refractivity contribution in [3.63, 3.8) is 0 Å². The van der Waals surface area contributed by atoms with Crippen molar-refractivity contribution in [1.82, 2.24) is 5.32 Å². The maximum absolute atomic E-state index is 5.75. The molecule has 3 N–H and O–H groups in total. The molecule has 1 heterocycles. The van der Waals surface area contributed by atoms with E-state index in [1.54, 1.807) is 0 Å². The zero-order valence-electron chi connectivity index (χ0n) is 9.82. The van der Waals surface area contributed by atoms with Gasteiger partial charge in [-0.3, -0.25) is 0 Å². The van der Waals surface area contributed by atoms with Gasteiger partial charge in [-0.15, -0.1) is 6.58 Å². The lowest BCUT2D eigenvalue weighted by Crippen LogP contribution is -2.28. The Labute approximate surface area is 101 Å². The van der Waals surface area contributed by atoms with Crippen LogP contribution in [0.3, 0.4) is 0 Å². The zero-order valence-corrected chi connectivity index (χ0v) is 9.82. The van der Waals surface area contributed by atoms with Crippen LogP contribution < -0.4 is 20.5 Å². The third-order valence-corrected chi connectivity index (χ3v) is 2.71. The Morgan fingerprint density at radius 1 is 1.35 bits per heavy atom. The van der Waals surface area contributed by atoms with Crippen molar-refractivity contribution in [1.29, 1.82) is 0 Å². The lowest BCUT2D eigenvalue weighted by molar-refractivity contribution is 0.171. The summed E-state index contributed by atoms with van der Waals surface area (Å²) in [6, 6.07) is 6.05. The Morgan fingerprint density at radius 3 is 2.82 bits per heavy atom. The van der Waals surface area contributed by atoms with E-state index in [9.17, 15) is 0 Å². The summed E-state index contributed by atoms with van der Waals surface area (Å²) < 4.78 is 11.0. The molecule has 0 bridgehead atoms. The molecule has 92 valence electrons. The van der Waals surface area contributed by atoms with Gasteiger partial charge in [0.25, 0.3) is 0 Å². The van der Waals surface area contributed by atoms with Gasteiger partial charge in [0.15, 0.2) is 11.5 Å². The minimum absolute atomic E-state index is 0.115.